The maximum absolute atomic E-state index is 12.2. The Balaban J connectivity index is 2.10. The second-order valence-corrected chi connectivity index (χ2v) is 5.58. The minimum absolute atomic E-state index is 0.0178. The average Bonchev–Trinajstić information content (AvgIpc) is 2.70. The predicted molar refractivity (Wildman–Crippen MR) is 80.2 cm³/mol. The van der Waals surface area contributed by atoms with Gasteiger partial charge in [0.2, 0.25) is 0 Å². The first-order chi connectivity index (χ1) is 8.99. The Morgan fingerprint density at radius 1 is 1.21 bits per heavy atom. The van der Waals surface area contributed by atoms with Crippen LogP contribution in [0.3, 0.4) is 0 Å². The minimum atomic E-state index is -0.0500. The van der Waals surface area contributed by atoms with Crippen molar-refractivity contribution in [1.82, 2.24) is 9.88 Å². The van der Waals surface area contributed by atoms with Crippen LogP contribution in [0.1, 0.15) is 34.7 Å². The van der Waals surface area contributed by atoms with E-state index in [1.807, 2.05) is 61.9 Å². The van der Waals surface area contributed by atoms with Crippen LogP contribution in [0.2, 0.25) is 0 Å². The van der Waals surface area contributed by atoms with Gasteiger partial charge in [-0.05, 0) is 43.7 Å². The van der Waals surface area contributed by atoms with E-state index in [1.165, 1.54) is 0 Å². The topological polar surface area (TPSA) is 34.0 Å². The Hall–Kier alpha value is -1.55. The van der Waals surface area contributed by atoms with Crippen molar-refractivity contribution in [1.29, 1.82) is 0 Å². The van der Waals surface area contributed by atoms with Crippen molar-refractivity contribution in [3.8, 4) is 0 Å². The molecule has 1 amide bonds. The highest BCUT2D eigenvalue weighted by molar-refractivity contribution is 9.10. The number of halogens is 1. The smallest absolute Gasteiger partial charge is 0.268 e. The second kappa shape index (κ2) is 5.61. The maximum Gasteiger partial charge on any atom is 0.268 e. The SMILES string of the molecule is Cc1ccc(C(=O)NC(C)c2ccc(Br)cc2)n1C. The fourth-order valence-corrected chi connectivity index (χ4v) is 2.21. The molecule has 2 aromatic rings. The third-order valence-electron chi connectivity index (χ3n) is 3.32. The molecule has 0 spiro atoms. The molecule has 19 heavy (non-hydrogen) atoms. The van der Waals surface area contributed by atoms with E-state index in [0.29, 0.717) is 5.69 Å². The van der Waals surface area contributed by atoms with Gasteiger partial charge in [-0.1, -0.05) is 28.1 Å². The number of hydrogen-bond donors (Lipinski definition) is 1. The number of benzene rings is 1. The highest BCUT2D eigenvalue weighted by Gasteiger charge is 2.14. The molecule has 1 unspecified atom stereocenters. The van der Waals surface area contributed by atoms with Gasteiger partial charge in [0.25, 0.3) is 5.91 Å². The molecule has 1 atom stereocenters. The Kier molecular flexibility index (Phi) is 4.10. The van der Waals surface area contributed by atoms with Gasteiger partial charge in [-0.3, -0.25) is 4.79 Å². The van der Waals surface area contributed by atoms with E-state index in [9.17, 15) is 4.79 Å². The zero-order valence-corrected chi connectivity index (χ0v) is 12.9. The number of aromatic nitrogens is 1. The van der Waals surface area contributed by atoms with Crippen LogP contribution < -0.4 is 5.32 Å². The number of rotatable bonds is 3. The molecule has 3 nitrogen and oxygen atoms in total. The number of carbonyl (C=O) groups excluding carboxylic acids is 1. The van der Waals surface area contributed by atoms with Gasteiger partial charge in [-0.25, -0.2) is 0 Å². The van der Waals surface area contributed by atoms with Gasteiger partial charge >= 0.3 is 0 Å². The molecule has 1 aromatic heterocycles. The van der Waals surface area contributed by atoms with E-state index >= 15 is 0 Å². The maximum atomic E-state index is 12.2. The van der Waals surface area contributed by atoms with E-state index in [0.717, 1.165) is 15.7 Å². The molecule has 0 aliphatic rings. The van der Waals surface area contributed by atoms with Gasteiger partial charge in [0.1, 0.15) is 5.69 Å². The summed E-state index contributed by atoms with van der Waals surface area (Å²) in [5.74, 6) is -0.0500. The summed E-state index contributed by atoms with van der Waals surface area (Å²) in [6.07, 6.45) is 0. The molecule has 0 aliphatic carbocycles. The number of nitrogens with one attached hydrogen (secondary N) is 1. The van der Waals surface area contributed by atoms with Crippen molar-refractivity contribution in [2.45, 2.75) is 19.9 Å². The standard InChI is InChI=1S/C15H17BrN2O/c1-10-4-9-14(18(10)3)15(19)17-11(2)12-5-7-13(16)8-6-12/h4-9,11H,1-3H3,(H,17,19). The first-order valence-corrected chi connectivity index (χ1v) is 6.97. The van der Waals surface area contributed by atoms with Crippen molar-refractivity contribution in [3.63, 3.8) is 0 Å². The van der Waals surface area contributed by atoms with Crippen LogP contribution in [-0.2, 0) is 7.05 Å². The lowest BCUT2D eigenvalue weighted by Gasteiger charge is -2.15. The first kappa shape index (κ1) is 13.9. The number of hydrogen-bond acceptors (Lipinski definition) is 1. The summed E-state index contributed by atoms with van der Waals surface area (Å²) in [4.78, 5) is 12.2. The van der Waals surface area contributed by atoms with Crippen molar-refractivity contribution >= 4 is 21.8 Å². The van der Waals surface area contributed by atoms with Crippen molar-refractivity contribution in [3.05, 3.63) is 57.8 Å². The molecule has 0 saturated heterocycles. The van der Waals surface area contributed by atoms with E-state index in [2.05, 4.69) is 21.2 Å². The summed E-state index contributed by atoms with van der Waals surface area (Å²) in [7, 11) is 1.90. The molecule has 1 N–H and O–H groups in total. The second-order valence-electron chi connectivity index (χ2n) is 4.67. The van der Waals surface area contributed by atoms with Gasteiger partial charge in [-0.15, -0.1) is 0 Å². The molecule has 1 aromatic carbocycles. The molecule has 0 aliphatic heterocycles. The lowest BCUT2D eigenvalue weighted by molar-refractivity contribution is 0.0931. The zero-order valence-electron chi connectivity index (χ0n) is 11.3. The molecular weight excluding hydrogens is 304 g/mol. The third-order valence-corrected chi connectivity index (χ3v) is 3.85. The number of nitrogens with zero attached hydrogens (tertiary/aromatic N) is 1. The Bertz CT molecular complexity index is 587. The van der Waals surface area contributed by atoms with Crippen LogP contribution in [-0.4, -0.2) is 10.5 Å². The lowest BCUT2D eigenvalue weighted by atomic mass is 10.1. The Morgan fingerprint density at radius 3 is 2.37 bits per heavy atom. The fraction of sp³-hybridized carbons (Fsp3) is 0.267. The number of amides is 1. The van der Waals surface area contributed by atoms with Gasteiger partial charge in [0.15, 0.2) is 0 Å². The summed E-state index contributed by atoms with van der Waals surface area (Å²) in [6, 6.07) is 11.7. The fourth-order valence-electron chi connectivity index (χ4n) is 1.95. The minimum Gasteiger partial charge on any atom is -0.344 e. The molecule has 0 fully saturated rings. The average molecular weight is 321 g/mol. The van der Waals surface area contributed by atoms with Crippen LogP contribution in [0.5, 0.6) is 0 Å². The Morgan fingerprint density at radius 2 is 1.84 bits per heavy atom. The molecule has 4 heteroatoms. The van der Waals surface area contributed by atoms with Crippen LogP contribution in [0.4, 0.5) is 0 Å². The van der Waals surface area contributed by atoms with E-state index in [1.54, 1.807) is 0 Å². The molecule has 2 rings (SSSR count). The van der Waals surface area contributed by atoms with Gasteiger partial charge in [0.05, 0.1) is 6.04 Å². The van der Waals surface area contributed by atoms with E-state index in [4.69, 9.17) is 0 Å². The van der Waals surface area contributed by atoms with E-state index < -0.39 is 0 Å². The van der Waals surface area contributed by atoms with Crippen LogP contribution in [0, 0.1) is 6.92 Å². The summed E-state index contributed by atoms with van der Waals surface area (Å²) in [5.41, 5.74) is 2.84. The number of carbonyl (C=O) groups is 1. The number of aryl methyl sites for hydroxylation is 1. The highest BCUT2D eigenvalue weighted by Crippen LogP contribution is 2.17. The van der Waals surface area contributed by atoms with Crippen LogP contribution in [0.15, 0.2) is 40.9 Å². The molecule has 0 radical (unpaired) electrons. The molecule has 0 saturated carbocycles. The summed E-state index contributed by atoms with van der Waals surface area (Å²) in [6.45, 7) is 3.96. The lowest BCUT2D eigenvalue weighted by Crippen LogP contribution is -2.28. The molecule has 0 bridgehead atoms. The van der Waals surface area contributed by atoms with Gasteiger partial charge in [-0.2, -0.15) is 0 Å². The first-order valence-electron chi connectivity index (χ1n) is 6.17. The van der Waals surface area contributed by atoms with Gasteiger partial charge < -0.3 is 9.88 Å². The largest absolute Gasteiger partial charge is 0.344 e. The summed E-state index contributed by atoms with van der Waals surface area (Å²) in [5, 5.41) is 3.01. The quantitative estimate of drug-likeness (QED) is 0.921. The monoisotopic (exact) mass is 320 g/mol. The molecule has 1 heterocycles. The normalized spacial score (nSPS) is 12.2. The van der Waals surface area contributed by atoms with Crippen molar-refractivity contribution in [2.75, 3.05) is 0 Å². The van der Waals surface area contributed by atoms with E-state index in [-0.39, 0.29) is 11.9 Å². The summed E-state index contributed by atoms with van der Waals surface area (Å²) < 4.78 is 2.93. The zero-order chi connectivity index (χ0) is 14.0. The van der Waals surface area contributed by atoms with Crippen LogP contribution in [0.25, 0.3) is 0 Å². The van der Waals surface area contributed by atoms with Gasteiger partial charge in [0, 0.05) is 17.2 Å². The Labute approximate surface area is 121 Å². The third kappa shape index (κ3) is 3.07. The van der Waals surface area contributed by atoms with Crippen molar-refractivity contribution < 1.29 is 4.79 Å². The van der Waals surface area contributed by atoms with Crippen LogP contribution >= 0.6 is 15.9 Å². The van der Waals surface area contributed by atoms with Crippen molar-refractivity contribution in [2.24, 2.45) is 7.05 Å². The molecular formula is C15H17BrN2O. The highest BCUT2D eigenvalue weighted by atomic mass is 79.9. The summed E-state index contributed by atoms with van der Waals surface area (Å²) >= 11 is 3.40. The predicted octanol–water partition coefficient (Wildman–Crippen LogP) is 3.59. The molecule has 100 valence electrons.